The van der Waals surface area contributed by atoms with Crippen LogP contribution in [0.5, 0.6) is 0 Å². The van der Waals surface area contributed by atoms with Crippen molar-refractivity contribution in [2.75, 3.05) is 5.32 Å². The first-order valence-electron chi connectivity index (χ1n) is 9.63. The lowest BCUT2D eigenvalue weighted by Crippen LogP contribution is -2.30. The normalized spacial score (nSPS) is 11.9. The summed E-state index contributed by atoms with van der Waals surface area (Å²) in [6, 6.07) is 16.9. The number of hydrogen-bond donors (Lipinski definition) is 1. The molecule has 0 spiro atoms. The minimum absolute atomic E-state index is 0.0865. The number of nitrogens with one attached hydrogen (secondary N) is 1. The van der Waals surface area contributed by atoms with Gasteiger partial charge in [-0.1, -0.05) is 51.1 Å². The number of benzene rings is 2. The van der Waals surface area contributed by atoms with Crippen molar-refractivity contribution in [2.24, 2.45) is 0 Å². The second kappa shape index (κ2) is 6.88. The molecule has 6 heteroatoms. The Morgan fingerprint density at radius 2 is 1.76 bits per heavy atom. The summed E-state index contributed by atoms with van der Waals surface area (Å²) in [4.78, 5) is 26.0. The van der Waals surface area contributed by atoms with Gasteiger partial charge in [0.25, 0.3) is 5.56 Å². The minimum atomic E-state index is -0.250. The van der Waals surface area contributed by atoms with Crippen LogP contribution in [0.3, 0.4) is 0 Å². The van der Waals surface area contributed by atoms with Crippen molar-refractivity contribution < 1.29 is 4.79 Å². The first-order valence-corrected chi connectivity index (χ1v) is 9.63. The second-order valence-electron chi connectivity index (χ2n) is 8.31. The molecule has 6 nitrogen and oxygen atoms in total. The maximum atomic E-state index is 13.1. The lowest BCUT2D eigenvalue weighted by Gasteiger charge is -2.23. The number of fused-ring (bicyclic) bond motifs is 3. The van der Waals surface area contributed by atoms with E-state index in [1.807, 2.05) is 55.5 Å². The summed E-state index contributed by atoms with van der Waals surface area (Å²) in [5.41, 5.74) is 3.62. The van der Waals surface area contributed by atoms with Crippen LogP contribution in [-0.2, 0) is 16.8 Å². The highest BCUT2D eigenvalue weighted by atomic mass is 16.2. The standard InChI is InChI=1S/C23H24N4O2/c1-15-13-21-26(22(29)16-9-5-8-12-19(16)27(21)25-15)14-20(28)24-18-11-7-6-10-17(18)23(2,3)4/h5-13H,14H2,1-4H3,(H,24,28). The van der Waals surface area contributed by atoms with Crippen molar-refractivity contribution in [2.45, 2.75) is 39.7 Å². The zero-order chi connectivity index (χ0) is 20.8. The molecule has 4 rings (SSSR count). The molecule has 4 aromatic rings. The molecule has 1 amide bonds. The van der Waals surface area contributed by atoms with Gasteiger partial charge < -0.3 is 5.32 Å². The van der Waals surface area contributed by atoms with Gasteiger partial charge in [0.15, 0.2) is 0 Å². The smallest absolute Gasteiger partial charge is 0.262 e. The Kier molecular flexibility index (Phi) is 4.49. The predicted octanol–water partition coefficient (Wildman–Crippen LogP) is 3.89. The van der Waals surface area contributed by atoms with Gasteiger partial charge in [-0.15, -0.1) is 0 Å². The molecule has 0 atom stereocenters. The van der Waals surface area contributed by atoms with Gasteiger partial charge in [-0.25, -0.2) is 4.52 Å². The van der Waals surface area contributed by atoms with Crippen molar-refractivity contribution in [3.8, 4) is 0 Å². The molecule has 2 heterocycles. The number of carbonyl (C=O) groups is 1. The van der Waals surface area contributed by atoms with Crippen LogP contribution in [-0.4, -0.2) is 20.1 Å². The third-order valence-corrected chi connectivity index (χ3v) is 5.01. The molecule has 0 aliphatic rings. The summed E-state index contributed by atoms with van der Waals surface area (Å²) in [5, 5.41) is 8.02. The number of aromatic nitrogens is 3. The lowest BCUT2D eigenvalue weighted by molar-refractivity contribution is -0.116. The SMILES string of the molecule is Cc1cc2n(CC(=O)Nc3ccccc3C(C)(C)C)c(=O)c3ccccc3n2n1. The number of amides is 1. The summed E-state index contributed by atoms with van der Waals surface area (Å²) in [5.74, 6) is -0.250. The maximum absolute atomic E-state index is 13.1. The van der Waals surface area contributed by atoms with E-state index >= 15 is 0 Å². The molecule has 0 saturated carbocycles. The molecule has 0 fully saturated rings. The Balaban J connectivity index is 1.76. The average Bonchev–Trinajstić information content (AvgIpc) is 3.06. The molecule has 0 saturated heterocycles. The van der Waals surface area contributed by atoms with E-state index in [4.69, 9.17) is 0 Å². The number of aryl methyl sites for hydroxylation is 1. The van der Waals surface area contributed by atoms with E-state index in [1.54, 1.807) is 10.6 Å². The van der Waals surface area contributed by atoms with E-state index < -0.39 is 0 Å². The van der Waals surface area contributed by atoms with Crippen LogP contribution in [0.15, 0.2) is 59.4 Å². The fraction of sp³-hybridized carbons (Fsp3) is 0.261. The molecular formula is C23H24N4O2. The Labute approximate surface area is 168 Å². The zero-order valence-corrected chi connectivity index (χ0v) is 17.1. The Hall–Kier alpha value is -3.41. The summed E-state index contributed by atoms with van der Waals surface area (Å²) < 4.78 is 3.21. The summed E-state index contributed by atoms with van der Waals surface area (Å²) >= 11 is 0. The summed E-state index contributed by atoms with van der Waals surface area (Å²) in [6.45, 7) is 8.09. The molecule has 0 aliphatic carbocycles. The Morgan fingerprint density at radius 1 is 1.07 bits per heavy atom. The largest absolute Gasteiger partial charge is 0.324 e. The highest BCUT2D eigenvalue weighted by Gasteiger charge is 2.20. The Bertz CT molecular complexity index is 1290. The van der Waals surface area contributed by atoms with Gasteiger partial charge in [0, 0.05) is 11.8 Å². The van der Waals surface area contributed by atoms with Crippen molar-refractivity contribution in [1.29, 1.82) is 0 Å². The first kappa shape index (κ1) is 18.9. The van der Waals surface area contributed by atoms with E-state index in [9.17, 15) is 9.59 Å². The van der Waals surface area contributed by atoms with Crippen LogP contribution in [0, 0.1) is 6.92 Å². The van der Waals surface area contributed by atoms with Crippen LogP contribution >= 0.6 is 0 Å². The molecule has 0 unspecified atom stereocenters. The zero-order valence-electron chi connectivity index (χ0n) is 17.1. The average molecular weight is 388 g/mol. The van der Waals surface area contributed by atoms with Crippen molar-refractivity contribution in [1.82, 2.24) is 14.2 Å². The second-order valence-corrected chi connectivity index (χ2v) is 8.31. The quantitative estimate of drug-likeness (QED) is 0.579. The molecule has 2 aromatic carbocycles. The van der Waals surface area contributed by atoms with E-state index in [2.05, 4.69) is 31.2 Å². The van der Waals surface area contributed by atoms with E-state index in [-0.39, 0.29) is 23.4 Å². The predicted molar refractivity (Wildman–Crippen MR) is 115 cm³/mol. The number of para-hydroxylation sites is 2. The lowest BCUT2D eigenvalue weighted by atomic mass is 9.86. The summed E-state index contributed by atoms with van der Waals surface area (Å²) in [6.07, 6.45) is 0. The number of nitrogens with zero attached hydrogens (tertiary/aromatic N) is 3. The van der Waals surface area contributed by atoms with E-state index in [0.717, 1.165) is 22.5 Å². The van der Waals surface area contributed by atoms with Crippen LogP contribution in [0.25, 0.3) is 16.6 Å². The molecule has 0 radical (unpaired) electrons. The number of hydrogen-bond acceptors (Lipinski definition) is 3. The molecular weight excluding hydrogens is 364 g/mol. The minimum Gasteiger partial charge on any atom is -0.324 e. The monoisotopic (exact) mass is 388 g/mol. The van der Waals surface area contributed by atoms with E-state index in [1.165, 1.54) is 4.57 Å². The third-order valence-electron chi connectivity index (χ3n) is 5.01. The topological polar surface area (TPSA) is 68.4 Å². The molecule has 2 aromatic heterocycles. The molecule has 0 aliphatic heterocycles. The van der Waals surface area contributed by atoms with Crippen LogP contribution < -0.4 is 10.9 Å². The van der Waals surface area contributed by atoms with Gasteiger partial charge >= 0.3 is 0 Å². The third kappa shape index (κ3) is 3.42. The van der Waals surface area contributed by atoms with Gasteiger partial charge in [0.2, 0.25) is 5.91 Å². The molecule has 0 bridgehead atoms. The van der Waals surface area contributed by atoms with E-state index in [0.29, 0.717) is 11.0 Å². The first-order chi connectivity index (χ1) is 13.8. The highest BCUT2D eigenvalue weighted by Crippen LogP contribution is 2.29. The highest BCUT2D eigenvalue weighted by molar-refractivity contribution is 5.92. The van der Waals surface area contributed by atoms with Crippen LogP contribution in [0.2, 0.25) is 0 Å². The molecule has 1 N–H and O–H groups in total. The van der Waals surface area contributed by atoms with Gasteiger partial charge in [0.05, 0.1) is 16.6 Å². The summed E-state index contributed by atoms with van der Waals surface area (Å²) in [7, 11) is 0. The fourth-order valence-corrected chi connectivity index (χ4v) is 3.68. The van der Waals surface area contributed by atoms with Crippen molar-refractivity contribution in [3.05, 3.63) is 76.2 Å². The number of rotatable bonds is 3. The van der Waals surface area contributed by atoms with Gasteiger partial charge in [0.1, 0.15) is 12.2 Å². The van der Waals surface area contributed by atoms with Crippen LogP contribution in [0.4, 0.5) is 5.69 Å². The van der Waals surface area contributed by atoms with Gasteiger partial charge in [-0.05, 0) is 36.1 Å². The number of anilines is 1. The van der Waals surface area contributed by atoms with Gasteiger partial charge in [-0.3, -0.25) is 14.2 Å². The fourth-order valence-electron chi connectivity index (χ4n) is 3.68. The molecule has 148 valence electrons. The Morgan fingerprint density at radius 3 is 2.52 bits per heavy atom. The number of carbonyl (C=O) groups excluding carboxylic acids is 1. The van der Waals surface area contributed by atoms with Crippen molar-refractivity contribution in [3.63, 3.8) is 0 Å². The molecule has 29 heavy (non-hydrogen) atoms. The van der Waals surface area contributed by atoms with Crippen molar-refractivity contribution >= 4 is 28.1 Å². The van der Waals surface area contributed by atoms with Gasteiger partial charge in [-0.2, -0.15) is 5.10 Å². The maximum Gasteiger partial charge on any atom is 0.262 e. The van der Waals surface area contributed by atoms with Crippen LogP contribution in [0.1, 0.15) is 32.0 Å².